The average Bonchev–Trinajstić information content (AvgIpc) is 2.87. The molecule has 1 aliphatic rings. The van der Waals surface area contributed by atoms with Gasteiger partial charge >= 0.3 is 0 Å². The number of anilines is 2. The Hall–Kier alpha value is -0.320. The summed E-state index contributed by atoms with van der Waals surface area (Å²) in [6.45, 7) is 0.895. The second kappa shape index (κ2) is 6.42. The molecule has 6 heteroatoms. The van der Waals surface area contributed by atoms with Gasteiger partial charge in [-0.2, -0.15) is 11.8 Å². The minimum Gasteiger partial charge on any atom is -0.372 e. The second-order valence-electron chi connectivity index (χ2n) is 4.85. The van der Waals surface area contributed by atoms with Gasteiger partial charge < -0.3 is 10.6 Å². The van der Waals surface area contributed by atoms with Crippen LogP contribution in [0.1, 0.15) is 25.7 Å². The highest BCUT2D eigenvalue weighted by atomic mass is 35.5. The Morgan fingerprint density at radius 1 is 1.26 bits per heavy atom. The molecule has 19 heavy (non-hydrogen) atoms. The zero-order valence-corrected chi connectivity index (χ0v) is 13.6. The monoisotopic (exact) mass is 319 g/mol. The predicted molar refractivity (Wildman–Crippen MR) is 87.0 cm³/mol. The van der Waals surface area contributed by atoms with Crippen molar-refractivity contribution >= 4 is 46.6 Å². The molecule has 0 saturated heterocycles. The number of nitrogens with one attached hydrogen (secondary N) is 2. The molecule has 0 aromatic carbocycles. The Labute approximate surface area is 128 Å². The van der Waals surface area contributed by atoms with Crippen molar-refractivity contribution < 1.29 is 0 Å². The lowest BCUT2D eigenvalue weighted by Gasteiger charge is -2.27. The molecule has 1 fully saturated rings. The highest BCUT2D eigenvalue weighted by Gasteiger charge is 2.32. The Balaban J connectivity index is 2.10. The summed E-state index contributed by atoms with van der Waals surface area (Å²) in [6, 6.07) is 1.73. The number of aromatic nitrogens is 1. The van der Waals surface area contributed by atoms with Crippen molar-refractivity contribution in [3.63, 3.8) is 0 Å². The van der Waals surface area contributed by atoms with Crippen molar-refractivity contribution in [2.75, 3.05) is 30.5 Å². The first-order chi connectivity index (χ1) is 9.10. The third-order valence-electron chi connectivity index (χ3n) is 3.69. The van der Waals surface area contributed by atoms with Crippen LogP contribution in [0, 0.1) is 0 Å². The molecule has 106 valence electrons. The van der Waals surface area contributed by atoms with E-state index in [9.17, 15) is 0 Å². The third-order valence-corrected chi connectivity index (χ3v) is 5.69. The maximum atomic E-state index is 6.19. The van der Waals surface area contributed by atoms with E-state index in [1.54, 1.807) is 13.1 Å². The lowest BCUT2D eigenvalue weighted by molar-refractivity contribution is 0.639. The van der Waals surface area contributed by atoms with Crippen LogP contribution in [0.4, 0.5) is 11.6 Å². The van der Waals surface area contributed by atoms with E-state index in [4.69, 9.17) is 23.2 Å². The number of hydrogen-bond donors (Lipinski definition) is 2. The van der Waals surface area contributed by atoms with Crippen LogP contribution < -0.4 is 10.6 Å². The van der Waals surface area contributed by atoms with Crippen molar-refractivity contribution in [3.8, 4) is 0 Å². The first-order valence-electron chi connectivity index (χ1n) is 6.43. The van der Waals surface area contributed by atoms with E-state index in [1.807, 2.05) is 11.8 Å². The fourth-order valence-corrected chi connectivity index (χ4v) is 3.92. The van der Waals surface area contributed by atoms with Crippen molar-refractivity contribution in [1.82, 2.24) is 4.98 Å². The van der Waals surface area contributed by atoms with E-state index in [1.165, 1.54) is 25.7 Å². The van der Waals surface area contributed by atoms with Crippen molar-refractivity contribution in [2.24, 2.45) is 0 Å². The molecule has 1 heterocycles. The van der Waals surface area contributed by atoms with Gasteiger partial charge in [-0.3, -0.25) is 0 Å². The summed E-state index contributed by atoms with van der Waals surface area (Å²) in [5, 5.41) is 7.46. The standard InChI is InChI=1S/C13H19Cl2N3S/c1-16-11-9(14)7-10(15)12(18-11)17-8-13(19-2)5-3-4-6-13/h7H,3-6,8H2,1-2H3,(H2,16,17,18). The van der Waals surface area contributed by atoms with Crippen LogP contribution in [0.3, 0.4) is 0 Å². The van der Waals surface area contributed by atoms with Crippen LogP contribution in [0.2, 0.25) is 10.0 Å². The Morgan fingerprint density at radius 3 is 2.47 bits per heavy atom. The molecule has 0 radical (unpaired) electrons. The van der Waals surface area contributed by atoms with E-state index >= 15 is 0 Å². The van der Waals surface area contributed by atoms with Crippen molar-refractivity contribution in [1.29, 1.82) is 0 Å². The smallest absolute Gasteiger partial charge is 0.147 e. The van der Waals surface area contributed by atoms with E-state index in [0.717, 1.165) is 6.54 Å². The Morgan fingerprint density at radius 2 is 1.89 bits per heavy atom. The van der Waals surface area contributed by atoms with E-state index < -0.39 is 0 Å². The van der Waals surface area contributed by atoms with Crippen molar-refractivity contribution in [3.05, 3.63) is 16.1 Å². The number of thioether (sulfide) groups is 1. The zero-order valence-electron chi connectivity index (χ0n) is 11.2. The summed E-state index contributed by atoms with van der Waals surface area (Å²) in [7, 11) is 1.80. The zero-order chi connectivity index (χ0) is 13.9. The fourth-order valence-electron chi connectivity index (χ4n) is 2.48. The number of halogens is 2. The van der Waals surface area contributed by atoms with Crippen LogP contribution >= 0.6 is 35.0 Å². The molecule has 0 aliphatic heterocycles. The number of hydrogen-bond acceptors (Lipinski definition) is 4. The van der Waals surface area contributed by atoms with Gasteiger partial charge in [0.1, 0.15) is 11.6 Å². The second-order valence-corrected chi connectivity index (χ2v) is 6.94. The molecule has 0 bridgehead atoms. The number of nitrogens with zero attached hydrogens (tertiary/aromatic N) is 1. The third kappa shape index (κ3) is 3.41. The quantitative estimate of drug-likeness (QED) is 0.836. The minimum absolute atomic E-state index is 0.324. The van der Waals surface area contributed by atoms with Gasteiger partial charge in [-0.1, -0.05) is 36.0 Å². The van der Waals surface area contributed by atoms with Crippen LogP contribution in [0.25, 0.3) is 0 Å². The molecule has 0 spiro atoms. The largest absolute Gasteiger partial charge is 0.372 e. The average molecular weight is 320 g/mol. The molecule has 2 rings (SSSR count). The van der Waals surface area contributed by atoms with Gasteiger partial charge in [0.15, 0.2) is 0 Å². The number of rotatable bonds is 5. The first kappa shape index (κ1) is 15.1. The summed E-state index contributed by atoms with van der Waals surface area (Å²) in [5.74, 6) is 1.36. The molecule has 1 saturated carbocycles. The summed E-state index contributed by atoms with van der Waals surface area (Å²) in [5.41, 5.74) is 0. The maximum absolute atomic E-state index is 6.19. The maximum Gasteiger partial charge on any atom is 0.147 e. The lowest BCUT2D eigenvalue weighted by Crippen LogP contribution is -2.30. The van der Waals surface area contributed by atoms with Gasteiger partial charge in [0.25, 0.3) is 0 Å². The molecule has 3 nitrogen and oxygen atoms in total. The van der Waals surface area contributed by atoms with Crippen LogP contribution in [0.15, 0.2) is 6.07 Å². The molecule has 1 aromatic heterocycles. The van der Waals surface area contributed by atoms with Crippen LogP contribution in [-0.2, 0) is 0 Å². The molecule has 0 amide bonds. The summed E-state index contributed by atoms with van der Waals surface area (Å²) in [4.78, 5) is 4.42. The highest BCUT2D eigenvalue weighted by Crippen LogP contribution is 2.40. The number of pyridine rings is 1. The molecular formula is C13H19Cl2N3S. The van der Waals surface area contributed by atoms with Gasteiger partial charge in [0.2, 0.25) is 0 Å². The molecule has 1 aromatic rings. The first-order valence-corrected chi connectivity index (χ1v) is 8.41. The van der Waals surface area contributed by atoms with Crippen LogP contribution in [-0.4, -0.2) is 29.6 Å². The van der Waals surface area contributed by atoms with Gasteiger partial charge in [-0.05, 0) is 25.2 Å². The van der Waals surface area contributed by atoms with Crippen molar-refractivity contribution in [2.45, 2.75) is 30.4 Å². The molecule has 1 aliphatic carbocycles. The topological polar surface area (TPSA) is 37.0 Å². The Kier molecular flexibility index (Phi) is 5.09. The highest BCUT2D eigenvalue weighted by molar-refractivity contribution is 8.00. The normalized spacial score (nSPS) is 17.5. The Bertz CT molecular complexity index is 448. The van der Waals surface area contributed by atoms with Gasteiger partial charge in [0, 0.05) is 18.3 Å². The molecule has 2 N–H and O–H groups in total. The van der Waals surface area contributed by atoms with E-state index in [2.05, 4.69) is 21.9 Å². The summed E-state index contributed by atoms with van der Waals surface area (Å²) in [6.07, 6.45) is 7.32. The van der Waals surface area contributed by atoms with Gasteiger partial charge in [-0.25, -0.2) is 4.98 Å². The minimum atomic E-state index is 0.324. The van der Waals surface area contributed by atoms with Crippen LogP contribution in [0.5, 0.6) is 0 Å². The fraction of sp³-hybridized carbons (Fsp3) is 0.615. The van der Waals surface area contributed by atoms with Gasteiger partial charge in [0.05, 0.1) is 10.0 Å². The SMILES string of the molecule is CNc1nc(NCC2(SC)CCCC2)c(Cl)cc1Cl. The molecular weight excluding hydrogens is 301 g/mol. The van der Waals surface area contributed by atoms with E-state index in [0.29, 0.717) is 26.4 Å². The summed E-state index contributed by atoms with van der Waals surface area (Å²) < 4.78 is 0.324. The predicted octanol–water partition coefficient (Wildman–Crippen LogP) is 4.52. The van der Waals surface area contributed by atoms with E-state index in [-0.39, 0.29) is 0 Å². The molecule has 0 unspecified atom stereocenters. The lowest BCUT2D eigenvalue weighted by atomic mass is 10.1. The molecule has 0 atom stereocenters. The van der Waals surface area contributed by atoms with Gasteiger partial charge in [-0.15, -0.1) is 0 Å². The summed E-state index contributed by atoms with van der Waals surface area (Å²) >= 11 is 14.2.